The maximum absolute atomic E-state index is 13.0. The lowest BCUT2D eigenvalue weighted by molar-refractivity contribution is 0.0697. The Kier molecular flexibility index (Phi) is 19.3. The van der Waals surface area contributed by atoms with Crippen molar-refractivity contribution in [1.82, 2.24) is 0 Å². The van der Waals surface area contributed by atoms with Gasteiger partial charge in [-0.2, -0.15) is 0 Å². The molecule has 2 amide bonds. The monoisotopic (exact) mass is 991 g/mol. The molecule has 0 aromatic heterocycles. The topological polar surface area (TPSA) is 149 Å². The van der Waals surface area contributed by atoms with Crippen molar-refractivity contribution in [3.8, 4) is 17.2 Å². The van der Waals surface area contributed by atoms with Gasteiger partial charge in [0.05, 0.1) is 32.6 Å². The third-order valence-electron chi connectivity index (χ3n) is 11.2. The highest BCUT2D eigenvalue weighted by Crippen LogP contribution is 2.24. The van der Waals surface area contributed by atoms with E-state index in [4.69, 9.17) is 19.9 Å². The number of rotatable bonds is 14. The molecular weight excluding hydrogens is 937 g/mol. The van der Waals surface area contributed by atoms with Crippen LogP contribution in [0, 0.1) is 25.5 Å². The minimum Gasteiger partial charge on any atom is -0.497 e. The molecule has 5 N–H and O–H groups in total. The van der Waals surface area contributed by atoms with Crippen molar-refractivity contribution in [1.29, 1.82) is 0 Å². The Labute approximate surface area is 429 Å². The van der Waals surface area contributed by atoms with Crippen LogP contribution in [0.2, 0.25) is 0 Å². The van der Waals surface area contributed by atoms with E-state index in [0.29, 0.717) is 11.1 Å². The van der Waals surface area contributed by atoms with Crippen LogP contribution in [-0.2, 0) is 0 Å². The summed E-state index contributed by atoms with van der Waals surface area (Å²) < 4.78 is 41.7. The van der Waals surface area contributed by atoms with E-state index in [1.807, 2.05) is 147 Å². The van der Waals surface area contributed by atoms with Crippen LogP contribution >= 0.6 is 0 Å². The van der Waals surface area contributed by atoms with Crippen LogP contribution in [0.15, 0.2) is 176 Å². The minimum absolute atomic E-state index is 0.0426. The van der Waals surface area contributed by atoms with Crippen molar-refractivity contribution in [3.63, 3.8) is 0 Å². The zero-order valence-corrected chi connectivity index (χ0v) is 41.4. The molecule has 0 fully saturated rings. The van der Waals surface area contributed by atoms with Gasteiger partial charge in [-0.05, 0) is 168 Å². The summed E-state index contributed by atoms with van der Waals surface area (Å²) in [6.45, 7) is 3.93. The molecule has 10 nitrogen and oxygen atoms in total. The normalized spacial score (nSPS) is 10.7. The highest BCUT2D eigenvalue weighted by atomic mass is 19.1. The van der Waals surface area contributed by atoms with Gasteiger partial charge in [0.2, 0.25) is 0 Å². The van der Waals surface area contributed by atoms with Gasteiger partial charge >= 0.3 is 5.97 Å². The van der Waals surface area contributed by atoms with E-state index in [2.05, 4.69) is 16.7 Å². The van der Waals surface area contributed by atoms with E-state index in [9.17, 15) is 28.3 Å². The fourth-order valence-corrected chi connectivity index (χ4v) is 7.00. The Bertz CT molecular complexity index is 3310. The lowest BCUT2D eigenvalue weighted by Gasteiger charge is -2.10. The van der Waals surface area contributed by atoms with Gasteiger partial charge in [0.15, 0.2) is 0 Å². The number of nitrogen functional groups attached to an aromatic ring is 1. The maximum Gasteiger partial charge on any atom is 0.337 e. The van der Waals surface area contributed by atoms with E-state index in [0.717, 1.165) is 67.6 Å². The van der Waals surface area contributed by atoms with Crippen molar-refractivity contribution in [3.05, 3.63) is 249 Å². The largest absolute Gasteiger partial charge is 0.497 e. The van der Waals surface area contributed by atoms with E-state index in [1.54, 1.807) is 39.5 Å². The highest BCUT2D eigenvalue weighted by Gasteiger charge is 2.15. The first kappa shape index (κ1) is 53.8. The Hall–Kier alpha value is -9.55. The van der Waals surface area contributed by atoms with Gasteiger partial charge in [0.1, 0.15) is 28.9 Å². The first-order valence-corrected chi connectivity index (χ1v) is 23.1. The number of carboxylic acids is 1. The lowest BCUT2D eigenvalue weighted by atomic mass is 10.1. The van der Waals surface area contributed by atoms with E-state index in [1.165, 1.54) is 54.6 Å². The second kappa shape index (κ2) is 26.6. The molecule has 0 unspecified atom stereocenters. The number of benzene rings is 8. The molecule has 12 heteroatoms. The average molecular weight is 992 g/mol. The number of carbonyl (C=O) groups excluding carboxylic acids is 2. The van der Waals surface area contributed by atoms with Crippen molar-refractivity contribution >= 4 is 71.3 Å². The van der Waals surface area contributed by atoms with Gasteiger partial charge in [0, 0.05) is 22.5 Å². The molecule has 8 rings (SSSR count). The van der Waals surface area contributed by atoms with Gasteiger partial charge in [-0.3, -0.25) is 9.59 Å². The van der Waals surface area contributed by atoms with Crippen LogP contribution in [0.1, 0.15) is 75.6 Å². The Morgan fingerprint density at radius 1 is 0.446 bits per heavy atom. The summed E-state index contributed by atoms with van der Waals surface area (Å²) >= 11 is 0. The number of hydrogen-bond donors (Lipinski definition) is 4. The molecule has 0 heterocycles. The smallest absolute Gasteiger partial charge is 0.337 e. The van der Waals surface area contributed by atoms with E-state index < -0.39 is 17.7 Å². The van der Waals surface area contributed by atoms with Crippen LogP contribution < -0.4 is 30.6 Å². The van der Waals surface area contributed by atoms with Crippen LogP contribution in [0.5, 0.6) is 17.2 Å². The highest BCUT2D eigenvalue weighted by molar-refractivity contribution is 6.08. The molecular formula is C62H55F2N3O7. The van der Waals surface area contributed by atoms with Gasteiger partial charge in [-0.1, -0.05) is 103 Å². The molecule has 0 saturated heterocycles. The zero-order chi connectivity index (χ0) is 53.0. The van der Waals surface area contributed by atoms with Crippen LogP contribution in [0.3, 0.4) is 0 Å². The zero-order valence-electron chi connectivity index (χ0n) is 41.4. The summed E-state index contributed by atoms with van der Waals surface area (Å²) in [5.41, 5.74) is 16.0. The molecule has 8 aromatic rings. The number of anilines is 3. The number of carboxylic acid groups (broad SMARTS) is 1. The molecule has 374 valence electrons. The number of halogens is 2. The van der Waals surface area contributed by atoms with Gasteiger partial charge in [-0.25, -0.2) is 13.6 Å². The summed E-state index contributed by atoms with van der Waals surface area (Å²) in [7, 11) is 4.89. The van der Waals surface area contributed by atoms with E-state index in [-0.39, 0.29) is 28.5 Å². The molecule has 0 aliphatic rings. The predicted octanol–water partition coefficient (Wildman–Crippen LogP) is 14.3. The molecule has 0 spiro atoms. The fourth-order valence-electron chi connectivity index (χ4n) is 7.00. The Morgan fingerprint density at radius 2 is 0.797 bits per heavy atom. The number of nitrogens with one attached hydrogen (secondary N) is 2. The molecule has 74 heavy (non-hydrogen) atoms. The maximum atomic E-state index is 13.0. The van der Waals surface area contributed by atoms with Gasteiger partial charge in [-0.15, -0.1) is 0 Å². The second-order valence-corrected chi connectivity index (χ2v) is 16.6. The predicted molar refractivity (Wildman–Crippen MR) is 295 cm³/mol. The number of aryl methyl sites for hydroxylation is 2. The number of amides is 2. The van der Waals surface area contributed by atoms with Gasteiger partial charge in [0.25, 0.3) is 11.8 Å². The summed E-state index contributed by atoms with van der Waals surface area (Å²) in [6, 6.07) is 50.2. The molecule has 8 aromatic carbocycles. The minimum atomic E-state index is -1.16. The number of methoxy groups -OCH3 is 3. The number of carbonyl (C=O) groups is 3. The molecule has 0 aliphatic carbocycles. The van der Waals surface area contributed by atoms with Crippen LogP contribution in [0.4, 0.5) is 25.8 Å². The number of aromatic carboxylic acids is 1. The first-order valence-electron chi connectivity index (χ1n) is 23.1. The molecule has 0 radical (unpaired) electrons. The Balaban J connectivity index is 0.000000186. The summed E-state index contributed by atoms with van der Waals surface area (Å²) in [5, 5.41) is 14.9. The molecule has 0 atom stereocenters. The SMILES string of the molecule is COc1cccc(/C=C/c2ccc(C(=O)O)c(NC(=O)c3ccc(F)cc3)c2)c1.COc1cccc(/C=C/c2ccc(C)c(N)c2)c1.COc1cccc(/C=C/c2ccc(C)c(NC(=O)c3ccc(F)cc3)c2)c1. The number of ether oxygens (including phenoxy) is 3. The van der Waals surface area contributed by atoms with Crippen molar-refractivity contribution in [2.24, 2.45) is 0 Å². The molecule has 0 aliphatic heterocycles. The first-order chi connectivity index (χ1) is 35.7. The fraction of sp³-hybridized carbons (Fsp3) is 0.0806. The lowest BCUT2D eigenvalue weighted by Crippen LogP contribution is -2.15. The number of hydrogen-bond acceptors (Lipinski definition) is 7. The summed E-state index contributed by atoms with van der Waals surface area (Å²) in [4.78, 5) is 36.3. The van der Waals surface area contributed by atoms with Crippen LogP contribution in [-0.4, -0.2) is 44.2 Å². The molecule has 0 bridgehead atoms. The second-order valence-electron chi connectivity index (χ2n) is 16.6. The third kappa shape index (κ3) is 16.3. The Morgan fingerprint density at radius 3 is 1.19 bits per heavy atom. The van der Waals surface area contributed by atoms with E-state index >= 15 is 0 Å². The summed E-state index contributed by atoms with van der Waals surface area (Å²) in [6.07, 6.45) is 11.7. The number of nitrogens with two attached hydrogens (primary N) is 1. The molecule has 0 saturated carbocycles. The standard InChI is InChI=1S/C23H18FNO4.C23H20FNO2.C16H17NO/c1-29-19-4-2-3-15(13-19)5-6-16-7-12-20(23(27)28)21(14-16)25-22(26)17-8-10-18(24)11-9-17;1-16-6-7-18(9-8-17-4-3-5-21(14-17)27-2)15-22(16)25-23(26)19-10-12-20(24)13-11-19;1-12-6-7-14(11-16(12)17)9-8-13-4-3-5-15(10-13)18-2/h2-14H,1H3,(H,25,26)(H,27,28);3-15H,1-2H3,(H,25,26);3-11H,17H2,1-2H3/b6-5+;2*9-8+. The van der Waals surface area contributed by atoms with Crippen molar-refractivity contribution in [2.75, 3.05) is 37.7 Å². The quantitative estimate of drug-likeness (QED) is 0.0621. The third-order valence-corrected chi connectivity index (χ3v) is 11.2. The average Bonchev–Trinajstić information content (AvgIpc) is 3.41. The summed E-state index contributed by atoms with van der Waals surface area (Å²) in [5.74, 6) is -0.407. The van der Waals surface area contributed by atoms with Gasteiger partial charge < -0.3 is 35.7 Å². The van der Waals surface area contributed by atoms with Crippen molar-refractivity contribution < 1.29 is 42.5 Å². The van der Waals surface area contributed by atoms with Crippen LogP contribution in [0.25, 0.3) is 36.5 Å². The van der Waals surface area contributed by atoms with Crippen molar-refractivity contribution in [2.45, 2.75) is 13.8 Å².